The Bertz CT molecular complexity index is 175. The van der Waals surface area contributed by atoms with Crippen LogP contribution in [-0.2, 0) is 4.79 Å². The average Bonchev–Trinajstić information content (AvgIpc) is 1.81. The predicted octanol–water partition coefficient (Wildman–Crippen LogP) is 0.782. The SMILES string of the molecule is CC(CC(N)=O)NC1(C)CCC1. The lowest BCUT2D eigenvalue weighted by Gasteiger charge is -2.41. The van der Waals surface area contributed by atoms with Gasteiger partial charge in [-0.3, -0.25) is 4.79 Å². The molecule has 0 bridgehead atoms. The van der Waals surface area contributed by atoms with Crippen molar-refractivity contribution in [2.75, 3.05) is 0 Å². The minimum Gasteiger partial charge on any atom is -0.370 e. The first-order chi connectivity index (χ1) is 5.52. The van der Waals surface area contributed by atoms with E-state index in [2.05, 4.69) is 12.2 Å². The monoisotopic (exact) mass is 170 g/mol. The molecular weight excluding hydrogens is 152 g/mol. The third-order valence-electron chi connectivity index (χ3n) is 2.56. The molecule has 1 rings (SSSR count). The van der Waals surface area contributed by atoms with Crippen molar-refractivity contribution >= 4 is 5.91 Å². The van der Waals surface area contributed by atoms with E-state index in [0.29, 0.717) is 6.42 Å². The van der Waals surface area contributed by atoms with Gasteiger partial charge in [0.25, 0.3) is 0 Å². The molecule has 0 saturated heterocycles. The number of nitrogens with two attached hydrogens (primary N) is 1. The molecule has 0 aromatic heterocycles. The Morgan fingerprint density at radius 1 is 1.67 bits per heavy atom. The molecule has 70 valence electrons. The van der Waals surface area contributed by atoms with E-state index in [1.165, 1.54) is 19.3 Å². The zero-order chi connectivity index (χ0) is 9.19. The van der Waals surface area contributed by atoms with E-state index in [-0.39, 0.29) is 17.5 Å². The van der Waals surface area contributed by atoms with Gasteiger partial charge in [-0.1, -0.05) is 0 Å². The van der Waals surface area contributed by atoms with E-state index in [4.69, 9.17) is 5.73 Å². The van der Waals surface area contributed by atoms with Crippen molar-refractivity contribution in [3.05, 3.63) is 0 Å². The summed E-state index contributed by atoms with van der Waals surface area (Å²) in [7, 11) is 0. The summed E-state index contributed by atoms with van der Waals surface area (Å²) in [6.45, 7) is 4.21. The predicted molar refractivity (Wildman–Crippen MR) is 48.7 cm³/mol. The second-order valence-electron chi connectivity index (χ2n) is 4.13. The molecule has 0 aliphatic heterocycles. The lowest BCUT2D eigenvalue weighted by atomic mass is 9.78. The van der Waals surface area contributed by atoms with Crippen LogP contribution in [0.15, 0.2) is 0 Å². The molecule has 1 amide bonds. The van der Waals surface area contributed by atoms with E-state index >= 15 is 0 Å². The Labute approximate surface area is 73.7 Å². The van der Waals surface area contributed by atoms with E-state index in [1.807, 2.05) is 6.92 Å². The standard InChI is InChI=1S/C9H18N2O/c1-7(6-8(10)12)11-9(2)4-3-5-9/h7,11H,3-6H2,1-2H3,(H2,10,12). The van der Waals surface area contributed by atoms with Crippen LogP contribution in [0.2, 0.25) is 0 Å². The van der Waals surface area contributed by atoms with Crippen molar-refractivity contribution in [1.82, 2.24) is 5.32 Å². The number of hydrogen-bond acceptors (Lipinski definition) is 2. The van der Waals surface area contributed by atoms with Crippen LogP contribution >= 0.6 is 0 Å². The Morgan fingerprint density at radius 3 is 2.58 bits per heavy atom. The molecule has 1 fully saturated rings. The number of hydrogen-bond donors (Lipinski definition) is 2. The van der Waals surface area contributed by atoms with Gasteiger partial charge in [0, 0.05) is 18.0 Å². The number of nitrogens with one attached hydrogen (secondary N) is 1. The lowest BCUT2D eigenvalue weighted by Crippen LogP contribution is -2.52. The Balaban J connectivity index is 2.25. The number of carbonyl (C=O) groups is 1. The molecule has 1 saturated carbocycles. The lowest BCUT2D eigenvalue weighted by molar-refractivity contribution is -0.118. The summed E-state index contributed by atoms with van der Waals surface area (Å²) < 4.78 is 0. The molecule has 0 heterocycles. The molecule has 3 nitrogen and oxygen atoms in total. The second-order valence-corrected chi connectivity index (χ2v) is 4.13. The number of rotatable bonds is 4. The van der Waals surface area contributed by atoms with Crippen molar-refractivity contribution in [2.45, 2.75) is 51.1 Å². The highest BCUT2D eigenvalue weighted by atomic mass is 16.1. The molecule has 1 aliphatic carbocycles. The molecule has 1 aliphatic rings. The van der Waals surface area contributed by atoms with Crippen LogP contribution in [0.4, 0.5) is 0 Å². The zero-order valence-electron chi connectivity index (χ0n) is 7.89. The first-order valence-electron chi connectivity index (χ1n) is 4.58. The molecule has 1 unspecified atom stereocenters. The van der Waals surface area contributed by atoms with Crippen molar-refractivity contribution in [3.8, 4) is 0 Å². The molecule has 0 aromatic carbocycles. The van der Waals surface area contributed by atoms with Gasteiger partial charge in [-0.05, 0) is 33.1 Å². The van der Waals surface area contributed by atoms with Crippen molar-refractivity contribution in [1.29, 1.82) is 0 Å². The van der Waals surface area contributed by atoms with Crippen LogP contribution in [0.25, 0.3) is 0 Å². The Morgan fingerprint density at radius 2 is 2.25 bits per heavy atom. The summed E-state index contributed by atoms with van der Waals surface area (Å²) in [4.78, 5) is 10.6. The van der Waals surface area contributed by atoms with E-state index < -0.39 is 0 Å². The molecule has 0 spiro atoms. The fourth-order valence-electron chi connectivity index (χ4n) is 1.80. The van der Waals surface area contributed by atoms with Crippen LogP contribution in [-0.4, -0.2) is 17.5 Å². The fraction of sp³-hybridized carbons (Fsp3) is 0.889. The Kier molecular flexibility index (Phi) is 2.73. The zero-order valence-corrected chi connectivity index (χ0v) is 7.89. The third-order valence-corrected chi connectivity index (χ3v) is 2.56. The van der Waals surface area contributed by atoms with Gasteiger partial charge in [0.2, 0.25) is 5.91 Å². The first-order valence-corrected chi connectivity index (χ1v) is 4.58. The molecule has 1 atom stereocenters. The van der Waals surface area contributed by atoms with Gasteiger partial charge < -0.3 is 11.1 Å². The number of primary amides is 1. The first kappa shape index (κ1) is 9.52. The Hall–Kier alpha value is -0.570. The second kappa shape index (κ2) is 3.44. The molecule has 0 radical (unpaired) electrons. The molecule has 12 heavy (non-hydrogen) atoms. The quantitative estimate of drug-likeness (QED) is 0.655. The largest absolute Gasteiger partial charge is 0.370 e. The average molecular weight is 170 g/mol. The van der Waals surface area contributed by atoms with Crippen LogP contribution in [0, 0.1) is 0 Å². The highest BCUT2D eigenvalue weighted by Crippen LogP contribution is 2.31. The minimum absolute atomic E-state index is 0.216. The molecule has 0 aromatic rings. The van der Waals surface area contributed by atoms with Crippen molar-refractivity contribution in [2.24, 2.45) is 5.73 Å². The van der Waals surface area contributed by atoms with E-state index in [0.717, 1.165) is 0 Å². The van der Waals surface area contributed by atoms with E-state index in [1.54, 1.807) is 0 Å². The summed E-state index contributed by atoms with van der Waals surface area (Å²) in [6.07, 6.45) is 4.18. The van der Waals surface area contributed by atoms with E-state index in [9.17, 15) is 4.79 Å². The van der Waals surface area contributed by atoms with Gasteiger partial charge in [0.05, 0.1) is 0 Å². The summed E-state index contributed by atoms with van der Waals surface area (Å²) in [5.41, 5.74) is 5.37. The fourth-order valence-corrected chi connectivity index (χ4v) is 1.80. The summed E-state index contributed by atoms with van der Waals surface area (Å²) in [6, 6.07) is 0.216. The summed E-state index contributed by atoms with van der Waals surface area (Å²) in [5.74, 6) is -0.224. The van der Waals surface area contributed by atoms with Gasteiger partial charge in [-0.25, -0.2) is 0 Å². The van der Waals surface area contributed by atoms with Gasteiger partial charge in [0.1, 0.15) is 0 Å². The third kappa shape index (κ3) is 2.48. The topological polar surface area (TPSA) is 55.1 Å². The van der Waals surface area contributed by atoms with Crippen LogP contribution in [0.1, 0.15) is 39.5 Å². The highest BCUT2D eigenvalue weighted by molar-refractivity contribution is 5.74. The molecule has 3 N–H and O–H groups in total. The van der Waals surface area contributed by atoms with Crippen LogP contribution in [0.3, 0.4) is 0 Å². The maximum absolute atomic E-state index is 10.6. The maximum Gasteiger partial charge on any atom is 0.218 e. The maximum atomic E-state index is 10.6. The summed E-state index contributed by atoms with van der Waals surface area (Å²) >= 11 is 0. The van der Waals surface area contributed by atoms with Gasteiger partial charge in [0.15, 0.2) is 0 Å². The van der Waals surface area contributed by atoms with Crippen molar-refractivity contribution in [3.63, 3.8) is 0 Å². The van der Waals surface area contributed by atoms with Gasteiger partial charge in [-0.2, -0.15) is 0 Å². The van der Waals surface area contributed by atoms with Gasteiger partial charge >= 0.3 is 0 Å². The smallest absolute Gasteiger partial charge is 0.218 e. The molecule has 3 heteroatoms. The van der Waals surface area contributed by atoms with Crippen LogP contribution in [0.5, 0.6) is 0 Å². The minimum atomic E-state index is -0.224. The van der Waals surface area contributed by atoms with Crippen LogP contribution < -0.4 is 11.1 Å². The number of carbonyl (C=O) groups excluding carboxylic acids is 1. The summed E-state index contributed by atoms with van der Waals surface area (Å²) in [5, 5.41) is 3.42. The van der Waals surface area contributed by atoms with Crippen molar-refractivity contribution < 1.29 is 4.79 Å². The van der Waals surface area contributed by atoms with Gasteiger partial charge in [-0.15, -0.1) is 0 Å². The number of amides is 1. The highest BCUT2D eigenvalue weighted by Gasteiger charge is 2.32. The normalized spacial score (nSPS) is 22.8. The molecular formula is C9H18N2O.